The van der Waals surface area contributed by atoms with Crippen molar-refractivity contribution in [3.8, 4) is 17.2 Å². The number of carbonyl (C=O) groups excluding carboxylic acids is 1. The predicted octanol–water partition coefficient (Wildman–Crippen LogP) is 6.46. The molecule has 36 heavy (non-hydrogen) atoms. The fourth-order valence-electron chi connectivity index (χ4n) is 5.22. The number of phenolic OH excluding ortho intramolecular Hbond substituents is 1. The van der Waals surface area contributed by atoms with E-state index in [0.717, 1.165) is 41.3 Å². The van der Waals surface area contributed by atoms with E-state index in [0.29, 0.717) is 23.6 Å². The van der Waals surface area contributed by atoms with Gasteiger partial charge in [0.05, 0.1) is 14.2 Å². The van der Waals surface area contributed by atoms with Crippen molar-refractivity contribution in [1.82, 2.24) is 5.32 Å². The average molecular weight is 556 g/mol. The molecule has 1 amide bonds. The number of phenols is 1. The number of ether oxygens (including phenoxy) is 2. The first kappa shape index (κ1) is 26.0. The van der Waals surface area contributed by atoms with E-state index < -0.39 is 5.92 Å². The molecule has 0 radical (unpaired) electrons. The molecule has 0 aliphatic heterocycles. The lowest BCUT2D eigenvalue weighted by Crippen LogP contribution is -2.39. The van der Waals surface area contributed by atoms with Crippen LogP contribution in [0.4, 0.5) is 4.39 Å². The zero-order valence-electron chi connectivity index (χ0n) is 20.5. The molecular formula is C29H31BrFNO4. The summed E-state index contributed by atoms with van der Waals surface area (Å²) in [6.45, 7) is 0.502. The number of aromatic hydroxyl groups is 1. The minimum Gasteiger partial charge on any atom is -0.508 e. The molecule has 4 rings (SSSR count). The van der Waals surface area contributed by atoms with Gasteiger partial charge in [-0.15, -0.1) is 0 Å². The highest BCUT2D eigenvalue weighted by molar-refractivity contribution is 9.10. The number of rotatable bonds is 9. The van der Waals surface area contributed by atoms with Gasteiger partial charge in [-0.2, -0.15) is 0 Å². The monoisotopic (exact) mass is 555 g/mol. The van der Waals surface area contributed by atoms with Crippen LogP contribution in [-0.4, -0.2) is 31.8 Å². The first-order valence-corrected chi connectivity index (χ1v) is 12.9. The standard InChI is InChI=1S/C29H31BrFNO4/c1-35-26-12-7-20(15-27(26)36-2)29(13-3-4-14-29)18-32-28(34)17-23(19-5-9-22(31)10-6-19)24-16-21(30)8-11-25(24)33/h5-12,15-16,23,33H,3-4,13-14,17-18H2,1-2H3,(H,32,34)/t23-/m1/s1. The minimum atomic E-state index is -0.427. The summed E-state index contributed by atoms with van der Waals surface area (Å²) in [7, 11) is 3.24. The Morgan fingerprint density at radius 2 is 1.72 bits per heavy atom. The topological polar surface area (TPSA) is 67.8 Å². The second kappa shape index (κ2) is 11.3. The maximum absolute atomic E-state index is 13.6. The first-order chi connectivity index (χ1) is 17.3. The van der Waals surface area contributed by atoms with E-state index in [2.05, 4.69) is 27.3 Å². The lowest BCUT2D eigenvalue weighted by Gasteiger charge is -2.31. The van der Waals surface area contributed by atoms with E-state index in [9.17, 15) is 14.3 Å². The number of halogens is 2. The maximum atomic E-state index is 13.6. The number of nitrogens with one attached hydrogen (secondary N) is 1. The Balaban J connectivity index is 1.56. The maximum Gasteiger partial charge on any atom is 0.220 e. The smallest absolute Gasteiger partial charge is 0.220 e. The van der Waals surface area contributed by atoms with Crippen LogP contribution in [0.1, 0.15) is 54.7 Å². The molecule has 3 aromatic rings. The van der Waals surface area contributed by atoms with Crippen molar-refractivity contribution in [2.75, 3.05) is 20.8 Å². The van der Waals surface area contributed by atoms with Crippen LogP contribution in [0.15, 0.2) is 65.1 Å². The molecule has 0 saturated heterocycles. The highest BCUT2D eigenvalue weighted by Crippen LogP contribution is 2.43. The molecule has 1 atom stereocenters. The van der Waals surface area contributed by atoms with E-state index >= 15 is 0 Å². The second-order valence-corrected chi connectivity index (χ2v) is 10.3. The Morgan fingerprint density at radius 3 is 2.39 bits per heavy atom. The highest BCUT2D eigenvalue weighted by atomic mass is 79.9. The number of hydrogen-bond acceptors (Lipinski definition) is 4. The Labute approximate surface area is 219 Å². The number of benzene rings is 3. The van der Waals surface area contributed by atoms with Crippen molar-refractivity contribution in [3.05, 3.63) is 87.6 Å². The van der Waals surface area contributed by atoms with Gasteiger partial charge in [-0.25, -0.2) is 4.39 Å². The summed E-state index contributed by atoms with van der Waals surface area (Å²) in [6, 6.07) is 17.2. The third kappa shape index (κ3) is 5.67. The highest BCUT2D eigenvalue weighted by Gasteiger charge is 2.37. The van der Waals surface area contributed by atoms with Crippen molar-refractivity contribution < 1.29 is 23.8 Å². The normalized spacial score (nSPS) is 15.3. The van der Waals surface area contributed by atoms with Gasteiger partial charge in [-0.05, 0) is 66.4 Å². The number of amides is 1. The molecule has 0 bridgehead atoms. The van der Waals surface area contributed by atoms with E-state index in [-0.39, 0.29) is 29.3 Å². The molecule has 1 aliphatic carbocycles. The zero-order valence-corrected chi connectivity index (χ0v) is 22.1. The minimum absolute atomic E-state index is 0.0953. The second-order valence-electron chi connectivity index (χ2n) is 9.35. The molecule has 1 fully saturated rings. The van der Waals surface area contributed by atoms with Gasteiger partial charge in [0, 0.05) is 34.3 Å². The van der Waals surface area contributed by atoms with Crippen LogP contribution < -0.4 is 14.8 Å². The summed E-state index contributed by atoms with van der Waals surface area (Å²) in [5, 5.41) is 13.7. The first-order valence-electron chi connectivity index (χ1n) is 12.1. The van der Waals surface area contributed by atoms with Crippen molar-refractivity contribution in [1.29, 1.82) is 0 Å². The van der Waals surface area contributed by atoms with Gasteiger partial charge >= 0.3 is 0 Å². The number of methoxy groups -OCH3 is 2. The summed E-state index contributed by atoms with van der Waals surface area (Å²) in [5.74, 6) is 0.541. The Bertz CT molecular complexity index is 1210. The molecule has 2 N–H and O–H groups in total. The van der Waals surface area contributed by atoms with Crippen LogP contribution in [0.25, 0.3) is 0 Å². The molecule has 7 heteroatoms. The quantitative estimate of drug-likeness (QED) is 0.318. The van der Waals surface area contributed by atoms with Crippen LogP contribution in [0.2, 0.25) is 0 Å². The molecule has 5 nitrogen and oxygen atoms in total. The summed E-state index contributed by atoms with van der Waals surface area (Å²) >= 11 is 3.45. The Kier molecular flexibility index (Phi) is 8.19. The molecule has 0 spiro atoms. The average Bonchev–Trinajstić information content (AvgIpc) is 3.38. The summed E-state index contributed by atoms with van der Waals surface area (Å²) < 4.78 is 25.3. The largest absolute Gasteiger partial charge is 0.508 e. The van der Waals surface area contributed by atoms with Crippen molar-refractivity contribution in [3.63, 3.8) is 0 Å². The van der Waals surface area contributed by atoms with Crippen LogP contribution in [-0.2, 0) is 10.2 Å². The molecule has 3 aromatic carbocycles. The Morgan fingerprint density at radius 1 is 1.03 bits per heavy atom. The van der Waals surface area contributed by atoms with Gasteiger partial charge in [-0.1, -0.05) is 47.0 Å². The van der Waals surface area contributed by atoms with Crippen LogP contribution in [0.3, 0.4) is 0 Å². The van der Waals surface area contributed by atoms with E-state index in [4.69, 9.17) is 9.47 Å². The van der Waals surface area contributed by atoms with Crippen molar-refractivity contribution in [2.24, 2.45) is 0 Å². The zero-order chi connectivity index (χ0) is 25.7. The molecular weight excluding hydrogens is 525 g/mol. The summed E-state index contributed by atoms with van der Waals surface area (Å²) in [4.78, 5) is 13.3. The lowest BCUT2D eigenvalue weighted by atomic mass is 9.78. The molecule has 0 aromatic heterocycles. The van der Waals surface area contributed by atoms with Gasteiger partial charge in [0.25, 0.3) is 0 Å². The van der Waals surface area contributed by atoms with Gasteiger partial charge in [-0.3, -0.25) is 4.79 Å². The predicted molar refractivity (Wildman–Crippen MR) is 141 cm³/mol. The van der Waals surface area contributed by atoms with E-state index in [1.165, 1.54) is 12.1 Å². The van der Waals surface area contributed by atoms with Crippen molar-refractivity contribution in [2.45, 2.75) is 43.4 Å². The summed E-state index contributed by atoms with van der Waals surface area (Å²) in [5.41, 5.74) is 2.31. The van der Waals surface area contributed by atoms with Gasteiger partial charge in [0.1, 0.15) is 11.6 Å². The van der Waals surface area contributed by atoms with Gasteiger partial charge in [0.15, 0.2) is 11.5 Å². The van der Waals surface area contributed by atoms with Crippen LogP contribution >= 0.6 is 15.9 Å². The number of carbonyl (C=O) groups is 1. The molecule has 0 heterocycles. The molecule has 1 saturated carbocycles. The molecule has 190 valence electrons. The van der Waals surface area contributed by atoms with Crippen LogP contribution in [0.5, 0.6) is 17.2 Å². The summed E-state index contributed by atoms with van der Waals surface area (Å²) in [6.07, 6.45) is 4.24. The van der Waals surface area contributed by atoms with Gasteiger partial charge < -0.3 is 19.9 Å². The number of hydrogen-bond donors (Lipinski definition) is 2. The molecule has 0 unspecified atom stereocenters. The SMILES string of the molecule is COc1ccc(C2(CNC(=O)C[C@H](c3ccc(F)cc3)c3cc(Br)ccc3O)CCCC2)cc1OC. The van der Waals surface area contributed by atoms with Crippen molar-refractivity contribution >= 4 is 21.8 Å². The Hall–Kier alpha value is -3.06. The fourth-order valence-corrected chi connectivity index (χ4v) is 5.60. The third-order valence-corrected chi connectivity index (χ3v) is 7.70. The lowest BCUT2D eigenvalue weighted by molar-refractivity contribution is -0.121. The van der Waals surface area contributed by atoms with Crippen LogP contribution in [0, 0.1) is 5.82 Å². The van der Waals surface area contributed by atoms with E-state index in [1.54, 1.807) is 44.6 Å². The fraction of sp³-hybridized carbons (Fsp3) is 0.345. The molecule has 1 aliphatic rings. The third-order valence-electron chi connectivity index (χ3n) is 7.21. The van der Waals surface area contributed by atoms with Gasteiger partial charge in [0.2, 0.25) is 5.91 Å². The van der Waals surface area contributed by atoms with E-state index in [1.807, 2.05) is 12.1 Å².